The second kappa shape index (κ2) is 6.39. The first-order valence-corrected chi connectivity index (χ1v) is 6.98. The largest absolute Gasteiger partial charge is 0.337 e. The number of carbonyl (C=O) groups is 1. The minimum Gasteiger partial charge on any atom is -0.337 e. The van der Waals surface area contributed by atoms with Crippen molar-refractivity contribution in [3.8, 4) is 0 Å². The van der Waals surface area contributed by atoms with Gasteiger partial charge in [0.25, 0.3) is 0 Å². The summed E-state index contributed by atoms with van der Waals surface area (Å²) in [6.45, 7) is 12.7. The maximum atomic E-state index is 12.0. The van der Waals surface area contributed by atoms with Gasteiger partial charge in [0.05, 0.1) is 0 Å². The van der Waals surface area contributed by atoms with Crippen LogP contribution >= 0.6 is 0 Å². The molecule has 0 saturated carbocycles. The minimum atomic E-state index is 0.308. The maximum Gasteiger partial charge on any atom is 0.222 e. The molecule has 1 aliphatic rings. The molecule has 3 nitrogen and oxygen atoms in total. The molecule has 1 amide bonds. The highest BCUT2D eigenvalue weighted by molar-refractivity contribution is 5.76. The molecule has 1 rings (SSSR count). The van der Waals surface area contributed by atoms with Crippen molar-refractivity contribution in [1.82, 2.24) is 10.2 Å². The first-order chi connectivity index (χ1) is 7.95. The second-order valence-electron chi connectivity index (χ2n) is 5.94. The molecule has 0 spiro atoms. The smallest absolute Gasteiger partial charge is 0.222 e. The molecule has 17 heavy (non-hydrogen) atoms. The average molecular weight is 240 g/mol. The van der Waals surface area contributed by atoms with Crippen LogP contribution in [0.3, 0.4) is 0 Å². The van der Waals surface area contributed by atoms with E-state index in [2.05, 4.69) is 37.9 Å². The van der Waals surface area contributed by atoms with Crippen molar-refractivity contribution in [1.29, 1.82) is 0 Å². The maximum absolute atomic E-state index is 12.0. The third kappa shape index (κ3) is 3.98. The van der Waals surface area contributed by atoms with E-state index in [0.717, 1.165) is 19.5 Å². The standard InChI is InChI=1S/C14H28N2O/c1-6-14(17)16-9-13(11(4)5)15-8-12(16)7-10(2)3/h10-13,15H,6-9H2,1-5H3. The molecule has 0 aliphatic carbocycles. The van der Waals surface area contributed by atoms with Crippen LogP contribution in [0.25, 0.3) is 0 Å². The molecular weight excluding hydrogens is 212 g/mol. The molecule has 2 atom stereocenters. The topological polar surface area (TPSA) is 32.3 Å². The number of carbonyl (C=O) groups excluding carboxylic acids is 1. The van der Waals surface area contributed by atoms with Gasteiger partial charge in [-0.05, 0) is 18.3 Å². The van der Waals surface area contributed by atoms with E-state index in [1.165, 1.54) is 0 Å². The summed E-state index contributed by atoms with van der Waals surface area (Å²) in [7, 11) is 0. The van der Waals surface area contributed by atoms with Gasteiger partial charge in [0.1, 0.15) is 0 Å². The van der Waals surface area contributed by atoms with E-state index in [4.69, 9.17) is 0 Å². The van der Waals surface area contributed by atoms with E-state index < -0.39 is 0 Å². The fraction of sp³-hybridized carbons (Fsp3) is 0.929. The van der Waals surface area contributed by atoms with Crippen LogP contribution in [0.15, 0.2) is 0 Å². The second-order valence-corrected chi connectivity index (χ2v) is 5.94. The van der Waals surface area contributed by atoms with Gasteiger partial charge < -0.3 is 10.2 Å². The molecule has 1 saturated heterocycles. The van der Waals surface area contributed by atoms with Crippen LogP contribution in [0.4, 0.5) is 0 Å². The van der Waals surface area contributed by atoms with Gasteiger partial charge in [0.2, 0.25) is 5.91 Å². The number of amides is 1. The summed E-state index contributed by atoms with van der Waals surface area (Å²) >= 11 is 0. The van der Waals surface area contributed by atoms with Crippen molar-refractivity contribution in [3.05, 3.63) is 0 Å². The molecule has 0 bridgehead atoms. The Balaban J connectivity index is 2.68. The number of nitrogens with zero attached hydrogens (tertiary/aromatic N) is 1. The lowest BCUT2D eigenvalue weighted by atomic mass is 9.95. The highest BCUT2D eigenvalue weighted by Crippen LogP contribution is 2.19. The van der Waals surface area contributed by atoms with E-state index >= 15 is 0 Å². The monoisotopic (exact) mass is 240 g/mol. The quantitative estimate of drug-likeness (QED) is 0.817. The molecule has 0 radical (unpaired) electrons. The Morgan fingerprint density at radius 1 is 1.35 bits per heavy atom. The lowest BCUT2D eigenvalue weighted by Crippen LogP contribution is -2.59. The van der Waals surface area contributed by atoms with E-state index in [1.807, 2.05) is 6.92 Å². The van der Waals surface area contributed by atoms with E-state index in [1.54, 1.807) is 0 Å². The summed E-state index contributed by atoms with van der Waals surface area (Å²) in [6, 6.07) is 0.839. The number of hydrogen-bond acceptors (Lipinski definition) is 2. The zero-order valence-electron chi connectivity index (χ0n) is 12.0. The van der Waals surface area contributed by atoms with Crippen molar-refractivity contribution in [2.24, 2.45) is 11.8 Å². The van der Waals surface area contributed by atoms with E-state index in [0.29, 0.717) is 36.2 Å². The predicted octanol–water partition coefficient (Wildman–Crippen LogP) is 2.27. The van der Waals surface area contributed by atoms with Crippen LogP contribution in [0.2, 0.25) is 0 Å². The molecule has 0 aromatic heterocycles. The summed E-state index contributed by atoms with van der Waals surface area (Å²) in [5, 5.41) is 3.59. The van der Waals surface area contributed by atoms with Crippen LogP contribution < -0.4 is 5.32 Å². The van der Waals surface area contributed by atoms with Crippen LogP contribution in [-0.2, 0) is 4.79 Å². The summed E-state index contributed by atoms with van der Waals surface area (Å²) in [5.74, 6) is 1.54. The van der Waals surface area contributed by atoms with E-state index in [-0.39, 0.29) is 0 Å². The predicted molar refractivity (Wildman–Crippen MR) is 71.9 cm³/mol. The van der Waals surface area contributed by atoms with E-state index in [9.17, 15) is 4.79 Å². The van der Waals surface area contributed by atoms with Gasteiger partial charge in [-0.15, -0.1) is 0 Å². The Labute approximate surface area is 106 Å². The SMILES string of the molecule is CCC(=O)N1CC(C(C)C)NCC1CC(C)C. The summed E-state index contributed by atoms with van der Waals surface area (Å²) in [4.78, 5) is 14.1. The van der Waals surface area contributed by atoms with Gasteiger partial charge in [0.15, 0.2) is 0 Å². The third-order valence-electron chi connectivity index (χ3n) is 3.62. The molecule has 100 valence electrons. The van der Waals surface area contributed by atoms with Gasteiger partial charge in [0, 0.05) is 31.6 Å². The molecule has 0 aromatic rings. The van der Waals surface area contributed by atoms with Gasteiger partial charge in [-0.25, -0.2) is 0 Å². The average Bonchev–Trinajstić information content (AvgIpc) is 2.27. The first kappa shape index (κ1) is 14.5. The molecule has 3 heteroatoms. The molecule has 0 aromatic carbocycles. The summed E-state index contributed by atoms with van der Waals surface area (Å²) in [6.07, 6.45) is 1.73. The zero-order chi connectivity index (χ0) is 13.0. The fourth-order valence-corrected chi connectivity index (χ4v) is 2.53. The fourth-order valence-electron chi connectivity index (χ4n) is 2.53. The van der Waals surface area contributed by atoms with Gasteiger partial charge >= 0.3 is 0 Å². The van der Waals surface area contributed by atoms with Crippen molar-refractivity contribution in [2.75, 3.05) is 13.1 Å². The number of piperazine rings is 1. The zero-order valence-corrected chi connectivity index (χ0v) is 12.0. The highest BCUT2D eigenvalue weighted by Gasteiger charge is 2.31. The van der Waals surface area contributed by atoms with Crippen LogP contribution in [0.5, 0.6) is 0 Å². The molecule has 1 heterocycles. The van der Waals surface area contributed by atoms with Gasteiger partial charge in [-0.2, -0.15) is 0 Å². The van der Waals surface area contributed by atoms with Crippen molar-refractivity contribution < 1.29 is 4.79 Å². The molecule has 1 fully saturated rings. The van der Waals surface area contributed by atoms with Crippen molar-refractivity contribution >= 4 is 5.91 Å². The lowest BCUT2D eigenvalue weighted by molar-refractivity contribution is -0.135. The number of nitrogens with one attached hydrogen (secondary N) is 1. The summed E-state index contributed by atoms with van der Waals surface area (Å²) in [5.41, 5.74) is 0. The summed E-state index contributed by atoms with van der Waals surface area (Å²) < 4.78 is 0. The van der Waals surface area contributed by atoms with Gasteiger partial charge in [-0.3, -0.25) is 4.79 Å². The normalized spacial score (nSPS) is 25.7. The van der Waals surface area contributed by atoms with Gasteiger partial charge in [-0.1, -0.05) is 34.6 Å². The first-order valence-electron chi connectivity index (χ1n) is 6.98. The molecule has 2 unspecified atom stereocenters. The Morgan fingerprint density at radius 2 is 2.00 bits per heavy atom. The van der Waals surface area contributed by atoms with Crippen LogP contribution in [0, 0.1) is 11.8 Å². The van der Waals surface area contributed by atoms with Crippen molar-refractivity contribution in [3.63, 3.8) is 0 Å². The Kier molecular flexibility index (Phi) is 5.44. The Morgan fingerprint density at radius 3 is 2.47 bits per heavy atom. The van der Waals surface area contributed by atoms with Crippen LogP contribution in [0.1, 0.15) is 47.5 Å². The lowest BCUT2D eigenvalue weighted by Gasteiger charge is -2.42. The third-order valence-corrected chi connectivity index (χ3v) is 3.62. The number of hydrogen-bond donors (Lipinski definition) is 1. The highest BCUT2D eigenvalue weighted by atomic mass is 16.2. The minimum absolute atomic E-state index is 0.308. The molecular formula is C14H28N2O. The Hall–Kier alpha value is -0.570. The molecule has 1 N–H and O–H groups in total. The van der Waals surface area contributed by atoms with Crippen LogP contribution in [-0.4, -0.2) is 36.0 Å². The number of rotatable bonds is 4. The Bertz CT molecular complexity index is 251. The van der Waals surface area contributed by atoms with Crippen molar-refractivity contribution in [2.45, 2.75) is 59.5 Å². The molecule has 1 aliphatic heterocycles.